The third kappa shape index (κ3) is 3.79. The largest absolute Gasteiger partial charge is 0.465 e. The minimum atomic E-state index is -0.604. The number of aliphatic hydroxyl groups is 1. The third-order valence-corrected chi connectivity index (χ3v) is 2.11. The average Bonchev–Trinajstić information content (AvgIpc) is 2.75. The molecule has 7 heteroatoms. The Morgan fingerprint density at radius 3 is 3.00 bits per heavy atom. The average molecular weight is 242 g/mol. The highest BCUT2D eigenvalue weighted by molar-refractivity contribution is 5.76. The number of esters is 1. The van der Waals surface area contributed by atoms with Crippen LogP contribution in [0.1, 0.15) is 25.6 Å². The monoisotopic (exact) mass is 242 g/mol. The van der Waals surface area contributed by atoms with E-state index in [1.165, 1.54) is 4.68 Å². The van der Waals surface area contributed by atoms with Crippen molar-refractivity contribution in [1.29, 1.82) is 0 Å². The molecule has 1 aromatic heterocycles. The lowest BCUT2D eigenvalue weighted by atomic mass is 10.2. The molecular formula is C10H18N4O3. The van der Waals surface area contributed by atoms with Gasteiger partial charge < -0.3 is 9.84 Å². The van der Waals surface area contributed by atoms with Crippen molar-refractivity contribution >= 4 is 5.97 Å². The Kier molecular flexibility index (Phi) is 5.58. The molecule has 0 aliphatic rings. The predicted molar refractivity (Wildman–Crippen MR) is 60.2 cm³/mol. The number of nitrogens with one attached hydrogen (secondary N) is 1. The molecule has 0 aliphatic heterocycles. The zero-order valence-electron chi connectivity index (χ0n) is 10.1. The van der Waals surface area contributed by atoms with Crippen molar-refractivity contribution in [2.24, 2.45) is 0 Å². The Hall–Kier alpha value is -1.47. The molecule has 1 heterocycles. The van der Waals surface area contributed by atoms with Gasteiger partial charge in [-0.15, -0.1) is 5.10 Å². The van der Waals surface area contributed by atoms with Gasteiger partial charge in [0.2, 0.25) is 0 Å². The highest BCUT2D eigenvalue weighted by Crippen LogP contribution is 2.11. The molecule has 7 nitrogen and oxygen atoms in total. The van der Waals surface area contributed by atoms with E-state index in [-0.39, 0.29) is 12.6 Å². The van der Waals surface area contributed by atoms with Gasteiger partial charge in [-0.3, -0.25) is 5.32 Å². The van der Waals surface area contributed by atoms with E-state index < -0.39 is 6.04 Å². The van der Waals surface area contributed by atoms with Gasteiger partial charge >= 0.3 is 5.97 Å². The normalized spacial score (nSPS) is 12.4. The van der Waals surface area contributed by atoms with Gasteiger partial charge in [0.05, 0.1) is 26.0 Å². The molecule has 1 aromatic rings. The number of ether oxygens (including phenoxy) is 1. The summed E-state index contributed by atoms with van der Waals surface area (Å²) in [7, 11) is 0. The van der Waals surface area contributed by atoms with Crippen LogP contribution in [0.5, 0.6) is 0 Å². The Balaban J connectivity index is 2.77. The van der Waals surface area contributed by atoms with Crippen molar-refractivity contribution in [2.75, 3.05) is 19.8 Å². The summed E-state index contributed by atoms with van der Waals surface area (Å²) in [5.41, 5.74) is 0.499. The molecule has 0 saturated heterocycles. The van der Waals surface area contributed by atoms with Crippen LogP contribution >= 0.6 is 0 Å². The van der Waals surface area contributed by atoms with E-state index in [0.717, 1.165) is 0 Å². The maximum atomic E-state index is 11.7. The molecule has 17 heavy (non-hydrogen) atoms. The van der Waals surface area contributed by atoms with Gasteiger partial charge in [0.15, 0.2) is 6.04 Å². The number of rotatable bonds is 7. The lowest BCUT2D eigenvalue weighted by Gasteiger charge is -2.13. The lowest BCUT2D eigenvalue weighted by molar-refractivity contribution is -0.145. The number of aromatic nitrogens is 3. The molecule has 0 amide bonds. The Bertz CT molecular complexity index is 353. The van der Waals surface area contributed by atoms with Crippen molar-refractivity contribution in [3.8, 4) is 0 Å². The highest BCUT2D eigenvalue weighted by atomic mass is 16.5. The Morgan fingerprint density at radius 2 is 2.41 bits per heavy atom. The summed E-state index contributed by atoms with van der Waals surface area (Å²) in [6.45, 7) is 4.93. The molecule has 1 unspecified atom stereocenters. The SMILES string of the molecule is CCNC(C(=O)OCC)c1cn(CCO)nn1. The number of hydrogen-bond acceptors (Lipinski definition) is 6. The summed E-state index contributed by atoms with van der Waals surface area (Å²) in [6.07, 6.45) is 1.63. The maximum absolute atomic E-state index is 11.7. The van der Waals surface area contributed by atoms with Crippen LogP contribution in [0.15, 0.2) is 6.20 Å². The van der Waals surface area contributed by atoms with Gasteiger partial charge in [0, 0.05) is 0 Å². The summed E-state index contributed by atoms with van der Waals surface area (Å²) in [6, 6.07) is -0.604. The van der Waals surface area contributed by atoms with Crippen LogP contribution < -0.4 is 5.32 Å². The zero-order chi connectivity index (χ0) is 12.7. The molecule has 0 fully saturated rings. The topological polar surface area (TPSA) is 89.3 Å². The minimum absolute atomic E-state index is 0.0198. The molecule has 1 rings (SSSR count). The van der Waals surface area contributed by atoms with Gasteiger partial charge in [-0.05, 0) is 13.5 Å². The molecule has 0 radical (unpaired) electrons. The summed E-state index contributed by atoms with van der Waals surface area (Å²) in [4.78, 5) is 11.7. The van der Waals surface area contributed by atoms with E-state index >= 15 is 0 Å². The van der Waals surface area contributed by atoms with E-state index in [4.69, 9.17) is 9.84 Å². The Labute approximate surface area is 99.8 Å². The summed E-state index contributed by atoms with van der Waals surface area (Å²) in [5, 5.41) is 19.5. The predicted octanol–water partition coefficient (Wildman–Crippen LogP) is -0.516. The molecule has 1 atom stereocenters. The van der Waals surface area contributed by atoms with Crippen LogP contribution in [-0.4, -0.2) is 45.8 Å². The first-order chi connectivity index (χ1) is 8.22. The molecule has 2 N–H and O–H groups in total. The van der Waals surface area contributed by atoms with E-state index in [1.807, 2.05) is 6.92 Å². The highest BCUT2D eigenvalue weighted by Gasteiger charge is 2.23. The van der Waals surface area contributed by atoms with Crippen LogP contribution in [0.25, 0.3) is 0 Å². The van der Waals surface area contributed by atoms with E-state index in [9.17, 15) is 4.79 Å². The van der Waals surface area contributed by atoms with Crippen LogP contribution in [0.4, 0.5) is 0 Å². The minimum Gasteiger partial charge on any atom is -0.465 e. The zero-order valence-corrected chi connectivity index (χ0v) is 10.1. The number of nitrogens with zero attached hydrogens (tertiary/aromatic N) is 3. The van der Waals surface area contributed by atoms with E-state index in [2.05, 4.69) is 15.6 Å². The molecule has 0 aliphatic carbocycles. The summed E-state index contributed by atoms with van der Waals surface area (Å²) in [5.74, 6) is -0.370. The second kappa shape index (κ2) is 6.97. The van der Waals surface area contributed by atoms with E-state index in [0.29, 0.717) is 25.4 Å². The summed E-state index contributed by atoms with van der Waals surface area (Å²) < 4.78 is 6.44. The van der Waals surface area contributed by atoms with Gasteiger partial charge in [0.1, 0.15) is 5.69 Å². The quantitative estimate of drug-likeness (QED) is 0.626. The molecular weight excluding hydrogens is 224 g/mol. The van der Waals surface area contributed by atoms with Gasteiger partial charge in [0.25, 0.3) is 0 Å². The number of aliphatic hydroxyl groups excluding tert-OH is 1. The van der Waals surface area contributed by atoms with Crippen molar-refractivity contribution in [2.45, 2.75) is 26.4 Å². The molecule has 0 aromatic carbocycles. The first-order valence-electron chi connectivity index (χ1n) is 5.63. The molecule has 0 spiro atoms. The first-order valence-corrected chi connectivity index (χ1v) is 5.63. The van der Waals surface area contributed by atoms with Crippen molar-refractivity contribution in [3.05, 3.63) is 11.9 Å². The smallest absolute Gasteiger partial charge is 0.329 e. The fraction of sp³-hybridized carbons (Fsp3) is 0.700. The lowest BCUT2D eigenvalue weighted by Crippen LogP contribution is -2.30. The van der Waals surface area contributed by atoms with Crippen molar-refractivity contribution < 1.29 is 14.6 Å². The fourth-order valence-corrected chi connectivity index (χ4v) is 1.40. The number of carbonyl (C=O) groups is 1. The number of carbonyl (C=O) groups excluding carboxylic acids is 1. The summed E-state index contributed by atoms with van der Waals surface area (Å²) >= 11 is 0. The van der Waals surface area contributed by atoms with Crippen LogP contribution in [0, 0.1) is 0 Å². The van der Waals surface area contributed by atoms with Gasteiger partial charge in [-0.2, -0.15) is 0 Å². The van der Waals surface area contributed by atoms with E-state index in [1.54, 1.807) is 13.1 Å². The fourth-order valence-electron chi connectivity index (χ4n) is 1.40. The van der Waals surface area contributed by atoms with Crippen LogP contribution in [-0.2, 0) is 16.1 Å². The van der Waals surface area contributed by atoms with Crippen LogP contribution in [0.3, 0.4) is 0 Å². The standard InChI is InChI=1S/C10H18N4O3/c1-3-11-9(10(16)17-4-2)8-7-14(5-6-15)13-12-8/h7,9,11,15H,3-6H2,1-2H3. The third-order valence-electron chi connectivity index (χ3n) is 2.11. The van der Waals surface area contributed by atoms with Crippen molar-refractivity contribution in [1.82, 2.24) is 20.3 Å². The van der Waals surface area contributed by atoms with Gasteiger partial charge in [-0.1, -0.05) is 12.1 Å². The second-order valence-corrected chi connectivity index (χ2v) is 3.37. The van der Waals surface area contributed by atoms with Crippen LogP contribution in [0.2, 0.25) is 0 Å². The Morgan fingerprint density at radius 1 is 1.65 bits per heavy atom. The van der Waals surface area contributed by atoms with Gasteiger partial charge in [-0.25, -0.2) is 9.48 Å². The molecule has 0 bridgehead atoms. The maximum Gasteiger partial charge on any atom is 0.329 e. The van der Waals surface area contributed by atoms with Crippen molar-refractivity contribution in [3.63, 3.8) is 0 Å². The molecule has 0 saturated carbocycles. The number of likely N-dealkylation sites (N-methyl/N-ethyl adjacent to an activating group) is 1. The first kappa shape index (κ1) is 13.6. The molecule has 96 valence electrons. The number of hydrogen-bond donors (Lipinski definition) is 2. The second-order valence-electron chi connectivity index (χ2n) is 3.37.